The highest BCUT2D eigenvalue weighted by molar-refractivity contribution is 5.94. The summed E-state index contributed by atoms with van der Waals surface area (Å²) < 4.78 is 13.7. The van der Waals surface area contributed by atoms with Crippen LogP contribution in [0.2, 0.25) is 0 Å². The Balaban J connectivity index is 1.82. The Hall–Kier alpha value is -2.57. The predicted molar refractivity (Wildman–Crippen MR) is 124 cm³/mol. The highest BCUT2D eigenvalue weighted by Crippen LogP contribution is 2.25. The molecule has 162 valence electrons. The van der Waals surface area contributed by atoms with E-state index < -0.39 is 0 Å². The maximum Gasteiger partial charge on any atom is 0.197 e. The first kappa shape index (κ1) is 22.1. The normalized spacial score (nSPS) is 11.3. The number of benzene rings is 2. The average molecular weight is 412 g/mol. The molecule has 2 aromatic carbocycles. The maximum absolute atomic E-state index is 13.2. The molecule has 6 nitrogen and oxygen atoms in total. The van der Waals surface area contributed by atoms with E-state index in [-0.39, 0.29) is 5.43 Å². The summed E-state index contributed by atoms with van der Waals surface area (Å²) >= 11 is 0. The fourth-order valence-electron chi connectivity index (χ4n) is 3.52. The van der Waals surface area contributed by atoms with Gasteiger partial charge in [-0.05, 0) is 62.3 Å². The lowest BCUT2D eigenvalue weighted by Gasteiger charge is -2.14. The van der Waals surface area contributed by atoms with Gasteiger partial charge in [-0.25, -0.2) is 0 Å². The van der Waals surface area contributed by atoms with Crippen molar-refractivity contribution in [3.8, 4) is 11.5 Å². The zero-order valence-electron chi connectivity index (χ0n) is 18.3. The van der Waals surface area contributed by atoms with Crippen LogP contribution in [0.15, 0.2) is 41.2 Å². The van der Waals surface area contributed by atoms with Gasteiger partial charge in [0, 0.05) is 30.9 Å². The quantitative estimate of drug-likeness (QED) is 0.353. The minimum atomic E-state index is 0.00205. The fourth-order valence-corrected chi connectivity index (χ4v) is 3.52. The highest BCUT2D eigenvalue weighted by Gasteiger charge is 2.11. The molecule has 1 aromatic heterocycles. The molecule has 0 radical (unpaired) electrons. The second-order valence-electron chi connectivity index (χ2n) is 7.44. The van der Waals surface area contributed by atoms with Gasteiger partial charge in [-0.3, -0.25) is 4.79 Å². The molecule has 0 saturated carbocycles. The van der Waals surface area contributed by atoms with E-state index in [1.807, 2.05) is 48.0 Å². The number of rotatable bonds is 12. The van der Waals surface area contributed by atoms with Gasteiger partial charge in [-0.2, -0.15) is 0 Å². The first-order valence-corrected chi connectivity index (χ1v) is 10.9. The fraction of sp³-hybridized carbons (Fsp3) is 0.458. The van der Waals surface area contributed by atoms with Crippen molar-refractivity contribution in [3.05, 3.63) is 46.6 Å². The van der Waals surface area contributed by atoms with E-state index in [2.05, 4.69) is 24.5 Å². The first-order valence-electron chi connectivity index (χ1n) is 10.9. The van der Waals surface area contributed by atoms with E-state index in [1.165, 1.54) is 0 Å². The number of fused-ring (bicyclic) bond motifs is 2. The monoisotopic (exact) mass is 411 g/mol. The second-order valence-corrected chi connectivity index (χ2v) is 7.44. The van der Waals surface area contributed by atoms with Gasteiger partial charge in [0.2, 0.25) is 0 Å². The Morgan fingerprint density at radius 3 is 1.67 bits per heavy atom. The second kappa shape index (κ2) is 11.0. The van der Waals surface area contributed by atoms with E-state index in [9.17, 15) is 4.79 Å². The lowest BCUT2D eigenvalue weighted by atomic mass is 10.1. The van der Waals surface area contributed by atoms with E-state index in [1.54, 1.807) is 0 Å². The van der Waals surface area contributed by atoms with Crippen molar-refractivity contribution in [2.45, 2.75) is 26.7 Å². The number of aryl methyl sites for hydroxylation is 1. The number of aromatic nitrogens is 1. The Bertz CT molecular complexity index is 952. The molecule has 30 heavy (non-hydrogen) atoms. The Morgan fingerprint density at radius 1 is 0.767 bits per heavy atom. The van der Waals surface area contributed by atoms with Crippen molar-refractivity contribution in [1.82, 2.24) is 15.2 Å². The molecular formula is C24H33N3O3. The van der Waals surface area contributed by atoms with Crippen molar-refractivity contribution in [1.29, 1.82) is 0 Å². The van der Waals surface area contributed by atoms with Crippen LogP contribution < -0.4 is 25.5 Å². The zero-order valence-corrected chi connectivity index (χ0v) is 18.3. The molecule has 0 saturated heterocycles. The molecule has 0 atom stereocenters. The Kier molecular flexibility index (Phi) is 8.11. The Morgan fingerprint density at radius 2 is 1.23 bits per heavy atom. The molecule has 3 rings (SSSR count). The maximum atomic E-state index is 13.2. The molecule has 0 fully saturated rings. The van der Waals surface area contributed by atoms with Gasteiger partial charge in [0.15, 0.2) is 5.43 Å². The van der Waals surface area contributed by atoms with Crippen LogP contribution >= 0.6 is 0 Å². The van der Waals surface area contributed by atoms with Crippen LogP contribution in [-0.4, -0.2) is 44.0 Å². The van der Waals surface area contributed by atoms with Crippen LogP contribution in [0.3, 0.4) is 0 Å². The summed E-state index contributed by atoms with van der Waals surface area (Å²) in [7, 11) is 1.98. The number of hydrogen-bond donors (Lipinski definition) is 2. The highest BCUT2D eigenvalue weighted by atomic mass is 16.5. The van der Waals surface area contributed by atoms with Gasteiger partial charge in [-0.1, -0.05) is 13.8 Å². The number of pyridine rings is 1. The molecule has 2 N–H and O–H groups in total. The topological polar surface area (TPSA) is 64.5 Å². The van der Waals surface area contributed by atoms with Crippen LogP contribution in [-0.2, 0) is 7.05 Å². The van der Waals surface area contributed by atoms with Crippen LogP contribution in [0.1, 0.15) is 26.7 Å². The third kappa shape index (κ3) is 5.32. The van der Waals surface area contributed by atoms with E-state index >= 15 is 0 Å². The van der Waals surface area contributed by atoms with Crippen LogP contribution in [0.5, 0.6) is 11.5 Å². The summed E-state index contributed by atoms with van der Waals surface area (Å²) in [6.45, 7) is 8.95. The smallest absolute Gasteiger partial charge is 0.197 e. The molecule has 0 spiro atoms. The summed E-state index contributed by atoms with van der Waals surface area (Å²) in [5.41, 5.74) is 1.78. The summed E-state index contributed by atoms with van der Waals surface area (Å²) in [6, 6.07) is 11.4. The van der Waals surface area contributed by atoms with Gasteiger partial charge in [0.05, 0.1) is 11.0 Å². The molecular weight excluding hydrogens is 378 g/mol. The van der Waals surface area contributed by atoms with Crippen LogP contribution in [0, 0.1) is 0 Å². The molecule has 0 bridgehead atoms. The number of nitrogens with zero attached hydrogens (tertiary/aromatic N) is 1. The lowest BCUT2D eigenvalue weighted by Crippen LogP contribution is -2.21. The predicted octanol–water partition coefficient (Wildman–Crippen LogP) is 3.45. The average Bonchev–Trinajstić information content (AvgIpc) is 2.77. The zero-order chi connectivity index (χ0) is 21.3. The van der Waals surface area contributed by atoms with Crippen molar-refractivity contribution >= 4 is 21.8 Å². The first-order chi connectivity index (χ1) is 14.7. The van der Waals surface area contributed by atoms with E-state index in [0.29, 0.717) is 35.5 Å². The SMILES string of the molecule is CCCNCCOc1ccc2c(c1)c(=O)c1cc(OCCNCCC)ccc1n2C. The largest absolute Gasteiger partial charge is 0.492 e. The summed E-state index contributed by atoms with van der Waals surface area (Å²) in [6.07, 6.45) is 2.19. The minimum absolute atomic E-state index is 0.00205. The number of ether oxygens (including phenoxy) is 2. The molecule has 1 heterocycles. The lowest BCUT2D eigenvalue weighted by molar-refractivity contribution is 0.314. The molecule has 0 aliphatic rings. The van der Waals surface area contributed by atoms with Gasteiger partial charge in [0.1, 0.15) is 24.7 Å². The molecule has 0 amide bonds. The van der Waals surface area contributed by atoms with E-state index in [0.717, 1.165) is 50.1 Å². The van der Waals surface area contributed by atoms with Gasteiger partial charge in [0.25, 0.3) is 0 Å². The van der Waals surface area contributed by atoms with Crippen molar-refractivity contribution < 1.29 is 9.47 Å². The third-order valence-electron chi connectivity index (χ3n) is 5.10. The van der Waals surface area contributed by atoms with E-state index in [4.69, 9.17) is 9.47 Å². The van der Waals surface area contributed by atoms with Gasteiger partial charge < -0.3 is 24.7 Å². The van der Waals surface area contributed by atoms with Crippen LogP contribution in [0.25, 0.3) is 21.8 Å². The van der Waals surface area contributed by atoms with Crippen molar-refractivity contribution in [2.24, 2.45) is 7.05 Å². The summed E-state index contributed by atoms with van der Waals surface area (Å²) in [5, 5.41) is 7.94. The molecule has 0 aliphatic carbocycles. The van der Waals surface area contributed by atoms with Crippen LogP contribution in [0.4, 0.5) is 0 Å². The summed E-state index contributed by atoms with van der Waals surface area (Å²) in [5.74, 6) is 1.43. The molecule has 6 heteroatoms. The molecule has 0 unspecified atom stereocenters. The summed E-state index contributed by atoms with van der Waals surface area (Å²) in [4.78, 5) is 13.2. The third-order valence-corrected chi connectivity index (χ3v) is 5.10. The van der Waals surface area contributed by atoms with Gasteiger partial charge >= 0.3 is 0 Å². The molecule has 3 aromatic rings. The molecule has 0 aliphatic heterocycles. The van der Waals surface area contributed by atoms with Crippen molar-refractivity contribution in [2.75, 3.05) is 39.4 Å². The Labute approximate surface area is 178 Å². The minimum Gasteiger partial charge on any atom is -0.492 e. The number of nitrogens with one attached hydrogen (secondary N) is 2. The standard InChI is InChI=1S/C24H33N3O3/c1-4-10-25-12-14-29-18-6-8-22-20(16-18)24(28)21-17-19(7-9-23(21)27(22)3)30-15-13-26-11-5-2/h6-9,16-17,25-26H,4-5,10-15H2,1-3H3. The number of hydrogen-bond acceptors (Lipinski definition) is 5. The van der Waals surface area contributed by atoms with Gasteiger partial charge in [-0.15, -0.1) is 0 Å². The van der Waals surface area contributed by atoms with Crippen molar-refractivity contribution in [3.63, 3.8) is 0 Å².